The molecule has 5 nitrogen and oxygen atoms in total. The smallest absolute Gasteiger partial charge is 0.413 e. The number of aliphatic imine (C=N–C) groups is 1. The number of nitrogens with zero attached hydrogens (tertiary/aromatic N) is 2. The largest absolute Gasteiger partial charge is 0.465 e. The number of halogens is 2. The van der Waals surface area contributed by atoms with Crippen LogP contribution in [0, 0.1) is 17.6 Å². The molecule has 1 aliphatic heterocycles. The molecule has 0 aromatic heterocycles. The van der Waals surface area contributed by atoms with Gasteiger partial charge in [-0.15, -0.1) is 0 Å². The first kappa shape index (κ1) is 19.9. The Balaban J connectivity index is 2.23. The normalized spacial score (nSPS) is 25.5. The van der Waals surface area contributed by atoms with Gasteiger partial charge in [-0.2, -0.15) is 0 Å². The van der Waals surface area contributed by atoms with E-state index in [2.05, 4.69) is 0 Å². The van der Waals surface area contributed by atoms with Crippen LogP contribution in [0.5, 0.6) is 0 Å². The first-order valence-corrected chi connectivity index (χ1v) is 10.1. The van der Waals surface area contributed by atoms with E-state index in [1.165, 1.54) is 28.8 Å². The Kier molecular flexibility index (Phi) is 5.14. The number of hydrogen-bond acceptors (Lipinski definition) is 4. The summed E-state index contributed by atoms with van der Waals surface area (Å²) < 4.78 is 29.8. The second-order valence-corrected chi connectivity index (χ2v) is 9.17. The third-order valence-electron chi connectivity index (χ3n) is 5.35. The Morgan fingerprint density at radius 2 is 2.07 bits per heavy atom. The van der Waals surface area contributed by atoms with Crippen LogP contribution in [0.15, 0.2) is 17.1 Å². The number of nitrogen functional groups attached to an aromatic ring is 1. The van der Waals surface area contributed by atoms with Crippen molar-refractivity contribution in [3.05, 3.63) is 29.3 Å². The Morgan fingerprint density at radius 3 is 2.70 bits per heavy atom. The Labute approximate surface area is 162 Å². The van der Waals surface area contributed by atoms with Gasteiger partial charge in [-0.25, -0.2) is 18.6 Å². The van der Waals surface area contributed by atoms with Crippen LogP contribution < -0.4 is 5.73 Å². The predicted octanol–water partition coefficient (Wildman–Crippen LogP) is 4.81. The Hall–Kier alpha value is -1.83. The highest BCUT2D eigenvalue weighted by Gasteiger charge is 2.50. The number of anilines is 1. The van der Waals surface area contributed by atoms with E-state index in [1.54, 1.807) is 20.8 Å². The fraction of sp³-hybridized carbons (Fsp3) is 0.579. The zero-order chi connectivity index (χ0) is 20.0. The summed E-state index contributed by atoms with van der Waals surface area (Å²) in [5.74, 6) is -0.969. The van der Waals surface area contributed by atoms with E-state index in [0.29, 0.717) is 12.2 Å². The lowest BCUT2D eigenvalue weighted by molar-refractivity contribution is 0.139. The molecule has 1 aromatic carbocycles. The molecule has 3 rings (SSSR count). The maximum absolute atomic E-state index is 15.0. The molecule has 1 aliphatic carbocycles. The van der Waals surface area contributed by atoms with Gasteiger partial charge in [-0.05, 0) is 51.7 Å². The third-order valence-corrected chi connectivity index (χ3v) is 6.45. The molecule has 0 radical (unpaired) electrons. The van der Waals surface area contributed by atoms with E-state index in [-0.39, 0.29) is 22.3 Å². The molecule has 1 saturated carbocycles. The van der Waals surface area contributed by atoms with Crippen molar-refractivity contribution < 1.29 is 18.7 Å². The van der Waals surface area contributed by atoms with Crippen LogP contribution in [-0.2, 0) is 5.54 Å². The average molecular weight is 397 g/mol. The fourth-order valence-corrected chi connectivity index (χ4v) is 5.60. The highest BCUT2D eigenvalue weighted by Crippen LogP contribution is 2.51. The fourth-order valence-electron chi connectivity index (χ4n) is 4.10. The molecule has 1 amide bonds. The second-order valence-electron chi connectivity index (χ2n) is 8.19. The first-order valence-electron chi connectivity index (χ1n) is 9.07. The summed E-state index contributed by atoms with van der Waals surface area (Å²) in [4.78, 5) is 17.8. The average Bonchev–Trinajstić information content (AvgIpc) is 2.56. The van der Waals surface area contributed by atoms with Crippen LogP contribution in [0.3, 0.4) is 0 Å². The maximum atomic E-state index is 15.0. The lowest BCUT2D eigenvalue weighted by atomic mass is 9.69. The minimum absolute atomic E-state index is 0.0681. The number of hydrogen-bond donors (Lipinski definition) is 2. The van der Waals surface area contributed by atoms with Gasteiger partial charge in [-0.3, -0.25) is 4.90 Å². The lowest BCUT2D eigenvalue weighted by Gasteiger charge is -2.47. The number of carbonyl (C=O) groups is 1. The van der Waals surface area contributed by atoms with Gasteiger partial charge in [-0.1, -0.05) is 24.6 Å². The minimum atomic E-state index is -1.13. The van der Waals surface area contributed by atoms with Crippen LogP contribution in [-0.4, -0.2) is 32.6 Å². The molecule has 0 bridgehead atoms. The van der Waals surface area contributed by atoms with Crippen molar-refractivity contribution >= 4 is 28.7 Å². The third kappa shape index (κ3) is 3.39. The molecule has 27 heavy (non-hydrogen) atoms. The molecule has 2 aliphatic rings. The lowest BCUT2D eigenvalue weighted by Crippen LogP contribution is -2.52. The molecule has 1 heterocycles. The van der Waals surface area contributed by atoms with Crippen LogP contribution in [0.25, 0.3) is 0 Å². The van der Waals surface area contributed by atoms with Crippen LogP contribution >= 0.6 is 11.8 Å². The first-order chi connectivity index (χ1) is 12.6. The van der Waals surface area contributed by atoms with E-state index in [0.717, 1.165) is 19.3 Å². The van der Waals surface area contributed by atoms with Gasteiger partial charge in [0.05, 0.1) is 16.8 Å². The summed E-state index contributed by atoms with van der Waals surface area (Å²) in [6.07, 6.45) is 1.86. The quantitative estimate of drug-likeness (QED) is 0.666. The highest BCUT2D eigenvalue weighted by atomic mass is 32.2. The summed E-state index contributed by atoms with van der Waals surface area (Å²) >= 11 is 1.34. The molecule has 2 unspecified atom stereocenters. The summed E-state index contributed by atoms with van der Waals surface area (Å²) in [5, 5.41) is 10.0. The maximum Gasteiger partial charge on any atom is 0.413 e. The molecule has 2 atom stereocenters. The van der Waals surface area contributed by atoms with Crippen molar-refractivity contribution in [3.63, 3.8) is 0 Å². The van der Waals surface area contributed by atoms with Gasteiger partial charge in [0, 0.05) is 11.3 Å². The van der Waals surface area contributed by atoms with E-state index in [9.17, 15) is 18.7 Å². The number of rotatable bonds is 1. The molecule has 1 aromatic rings. The molecule has 0 spiro atoms. The van der Waals surface area contributed by atoms with Crippen molar-refractivity contribution in [2.75, 3.05) is 11.5 Å². The predicted molar refractivity (Wildman–Crippen MR) is 104 cm³/mol. The standard InChI is InChI=1S/C19H25F2N3O2S/c1-18(2,3)24(17(25)26)16-23-19(9-5-4-6-11(19)10-27-16)14-12(20)7-8-13(22)15(14)21/h7-8,11H,4-6,9-10,22H2,1-3H3,(H,25,26). The molecular formula is C19H25F2N3O2S. The Morgan fingerprint density at radius 1 is 1.37 bits per heavy atom. The van der Waals surface area contributed by atoms with Crippen LogP contribution in [0.2, 0.25) is 0 Å². The van der Waals surface area contributed by atoms with Gasteiger partial charge >= 0.3 is 6.09 Å². The van der Waals surface area contributed by atoms with Crippen molar-refractivity contribution in [2.24, 2.45) is 10.9 Å². The van der Waals surface area contributed by atoms with Gasteiger partial charge in [0.1, 0.15) is 5.82 Å². The number of amides is 1. The Bertz CT molecular complexity index is 794. The number of thioether (sulfide) groups is 1. The van der Waals surface area contributed by atoms with Crippen molar-refractivity contribution in [3.8, 4) is 0 Å². The molecule has 8 heteroatoms. The van der Waals surface area contributed by atoms with Crippen LogP contribution in [0.4, 0.5) is 19.3 Å². The number of fused-ring (bicyclic) bond motifs is 1. The summed E-state index contributed by atoms with van der Waals surface area (Å²) in [7, 11) is 0. The second kappa shape index (κ2) is 6.96. The molecular weight excluding hydrogens is 372 g/mol. The molecule has 148 valence electrons. The summed E-state index contributed by atoms with van der Waals surface area (Å²) in [6, 6.07) is 2.38. The van der Waals surface area contributed by atoms with Crippen molar-refractivity contribution in [1.82, 2.24) is 4.90 Å². The van der Waals surface area contributed by atoms with Gasteiger partial charge in [0.25, 0.3) is 0 Å². The zero-order valence-electron chi connectivity index (χ0n) is 15.8. The van der Waals surface area contributed by atoms with Crippen molar-refractivity contribution in [2.45, 2.75) is 57.5 Å². The number of nitrogens with two attached hydrogens (primary N) is 1. The van der Waals surface area contributed by atoms with Gasteiger partial charge in [0.2, 0.25) is 0 Å². The van der Waals surface area contributed by atoms with E-state index >= 15 is 0 Å². The van der Waals surface area contributed by atoms with E-state index in [1.807, 2.05) is 0 Å². The SMILES string of the molecule is CC(C)(C)N(C(=O)O)C1=NC2(c3c(F)ccc(N)c3F)CCCCC2CS1. The van der Waals surface area contributed by atoms with Gasteiger partial charge in [0.15, 0.2) is 11.0 Å². The van der Waals surface area contributed by atoms with Crippen molar-refractivity contribution in [1.29, 1.82) is 0 Å². The van der Waals surface area contributed by atoms with Crippen LogP contribution in [0.1, 0.15) is 52.0 Å². The minimum Gasteiger partial charge on any atom is -0.465 e. The van der Waals surface area contributed by atoms with E-state index in [4.69, 9.17) is 10.7 Å². The summed E-state index contributed by atoms with van der Waals surface area (Å²) in [6.45, 7) is 5.31. The summed E-state index contributed by atoms with van der Waals surface area (Å²) in [5.41, 5.74) is 3.63. The number of amidine groups is 1. The topological polar surface area (TPSA) is 78.9 Å². The van der Waals surface area contributed by atoms with Gasteiger partial charge < -0.3 is 10.8 Å². The molecule has 1 fully saturated rings. The highest BCUT2D eigenvalue weighted by molar-refractivity contribution is 8.13. The van der Waals surface area contributed by atoms with E-state index < -0.39 is 28.8 Å². The number of benzene rings is 1. The molecule has 3 N–H and O–H groups in total. The number of carboxylic acid groups (broad SMARTS) is 1. The zero-order valence-corrected chi connectivity index (χ0v) is 16.6. The monoisotopic (exact) mass is 397 g/mol. The molecule has 0 saturated heterocycles.